The molecule has 4 rings (SSSR count). The van der Waals surface area contributed by atoms with Crippen LogP contribution in [0.15, 0.2) is 71.8 Å². The first-order chi connectivity index (χ1) is 16.0. The van der Waals surface area contributed by atoms with Crippen molar-refractivity contribution in [3.63, 3.8) is 0 Å². The minimum atomic E-state index is -0.724. The zero-order chi connectivity index (χ0) is 23.4. The second-order valence-electron chi connectivity index (χ2n) is 6.88. The maximum absolute atomic E-state index is 11.3. The summed E-state index contributed by atoms with van der Waals surface area (Å²) in [5.41, 5.74) is 4.72. The molecule has 0 atom stereocenters. The maximum atomic E-state index is 11.3. The lowest BCUT2D eigenvalue weighted by Gasteiger charge is -2.06. The molecule has 3 aromatic carbocycles. The largest absolute Gasteiger partial charge is 0.450 e. The van der Waals surface area contributed by atoms with Crippen LogP contribution in [0.2, 0.25) is 0 Å². The molecule has 11 heteroatoms. The fourth-order valence-electron chi connectivity index (χ4n) is 3.24. The van der Waals surface area contributed by atoms with Gasteiger partial charge in [-0.15, -0.1) is 0 Å². The molecule has 0 spiro atoms. The van der Waals surface area contributed by atoms with Crippen molar-refractivity contribution in [1.29, 1.82) is 0 Å². The zero-order valence-corrected chi connectivity index (χ0v) is 17.4. The Kier molecular flexibility index (Phi) is 5.94. The molecule has 166 valence electrons. The Morgan fingerprint density at radius 1 is 1.06 bits per heavy atom. The van der Waals surface area contributed by atoms with Gasteiger partial charge in [0.25, 0.3) is 5.69 Å². The molecule has 0 saturated carbocycles. The van der Waals surface area contributed by atoms with E-state index in [1.165, 1.54) is 6.07 Å². The molecule has 0 aliphatic rings. The SMILES string of the molecule is CCn1c(N/N=C\c2ccc(Oc3ccc([N+](=O)[O-])cc3[N+](=O)[O-])cc2)nc2ccccc21. The number of benzene rings is 3. The summed E-state index contributed by atoms with van der Waals surface area (Å²) in [5, 5.41) is 26.4. The predicted octanol–water partition coefficient (Wildman–Crippen LogP) is 5.11. The summed E-state index contributed by atoms with van der Waals surface area (Å²) in [7, 11) is 0. The van der Waals surface area contributed by atoms with E-state index in [-0.39, 0.29) is 11.4 Å². The van der Waals surface area contributed by atoms with E-state index in [0.29, 0.717) is 11.7 Å². The molecule has 0 aliphatic heterocycles. The van der Waals surface area contributed by atoms with Crippen LogP contribution in [0.1, 0.15) is 12.5 Å². The number of nitrogens with zero attached hydrogens (tertiary/aromatic N) is 5. The number of hydrogen-bond acceptors (Lipinski definition) is 8. The molecule has 11 nitrogen and oxygen atoms in total. The predicted molar refractivity (Wildman–Crippen MR) is 123 cm³/mol. The van der Waals surface area contributed by atoms with Crippen molar-refractivity contribution in [2.24, 2.45) is 5.10 Å². The molecule has 33 heavy (non-hydrogen) atoms. The Morgan fingerprint density at radius 3 is 2.52 bits per heavy atom. The van der Waals surface area contributed by atoms with Crippen LogP contribution < -0.4 is 10.2 Å². The van der Waals surface area contributed by atoms with E-state index in [1.807, 2.05) is 35.8 Å². The van der Waals surface area contributed by atoms with Crippen LogP contribution in [0.5, 0.6) is 11.5 Å². The normalized spacial score (nSPS) is 11.1. The van der Waals surface area contributed by atoms with Gasteiger partial charge in [0.1, 0.15) is 5.75 Å². The van der Waals surface area contributed by atoms with Crippen molar-refractivity contribution in [3.05, 3.63) is 92.5 Å². The smallest absolute Gasteiger partial charge is 0.318 e. The van der Waals surface area contributed by atoms with Crippen molar-refractivity contribution < 1.29 is 14.6 Å². The summed E-state index contributed by atoms with van der Waals surface area (Å²) in [5.74, 6) is 0.873. The number of ether oxygens (including phenoxy) is 1. The van der Waals surface area contributed by atoms with E-state index in [4.69, 9.17) is 4.74 Å². The highest BCUT2D eigenvalue weighted by Crippen LogP contribution is 2.34. The van der Waals surface area contributed by atoms with Gasteiger partial charge in [0, 0.05) is 12.6 Å². The van der Waals surface area contributed by atoms with E-state index in [1.54, 1.807) is 30.5 Å². The van der Waals surface area contributed by atoms with Gasteiger partial charge in [0.15, 0.2) is 0 Å². The summed E-state index contributed by atoms with van der Waals surface area (Å²) in [6, 6.07) is 17.7. The number of non-ortho nitro benzene ring substituents is 1. The topological polar surface area (TPSA) is 138 Å². The highest BCUT2D eigenvalue weighted by atomic mass is 16.6. The van der Waals surface area contributed by atoms with Gasteiger partial charge >= 0.3 is 5.69 Å². The van der Waals surface area contributed by atoms with Crippen LogP contribution >= 0.6 is 0 Å². The van der Waals surface area contributed by atoms with Crippen LogP contribution in [0, 0.1) is 20.2 Å². The quantitative estimate of drug-likeness (QED) is 0.225. The van der Waals surface area contributed by atoms with Crippen LogP contribution in [0.25, 0.3) is 11.0 Å². The lowest BCUT2D eigenvalue weighted by Crippen LogP contribution is -2.01. The first kappa shape index (κ1) is 21.4. The minimum absolute atomic E-state index is 0.0906. The number of nitrogens with one attached hydrogen (secondary N) is 1. The van der Waals surface area contributed by atoms with Gasteiger partial charge < -0.3 is 9.30 Å². The van der Waals surface area contributed by atoms with Crippen LogP contribution in [-0.2, 0) is 6.54 Å². The fourth-order valence-corrected chi connectivity index (χ4v) is 3.24. The number of aromatic nitrogens is 2. The summed E-state index contributed by atoms with van der Waals surface area (Å²) in [4.78, 5) is 25.2. The van der Waals surface area contributed by atoms with Crippen molar-refractivity contribution >= 4 is 34.6 Å². The lowest BCUT2D eigenvalue weighted by atomic mass is 10.2. The molecule has 1 heterocycles. The number of aryl methyl sites for hydroxylation is 1. The van der Waals surface area contributed by atoms with Crippen molar-refractivity contribution in [1.82, 2.24) is 9.55 Å². The summed E-state index contributed by atoms with van der Waals surface area (Å²) in [6.45, 7) is 2.76. The Bertz CT molecular complexity index is 1360. The molecule has 0 saturated heterocycles. The highest BCUT2D eigenvalue weighted by molar-refractivity contribution is 5.81. The molecule has 0 unspecified atom stereocenters. The van der Waals surface area contributed by atoms with Gasteiger partial charge in [-0.3, -0.25) is 20.2 Å². The first-order valence-electron chi connectivity index (χ1n) is 9.91. The van der Waals surface area contributed by atoms with E-state index in [9.17, 15) is 20.2 Å². The maximum Gasteiger partial charge on any atom is 0.318 e. The molecule has 0 amide bonds. The number of nitro groups is 2. The third-order valence-corrected chi connectivity index (χ3v) is 4.81. The van der Waals surface area contributed by atoms with Gasteiger partial charge in [0.05, 0.1) is 33.2 Å². The minimum Gasteiger partial charge on any atom is -0.450 e. The van der Waals surface area contributed by atoms with E-state index < -0.39 is 15.5 Å². The number of anilines is 1. The Morgan fingerprint density at radius 2 is 1.82 bits per heavy atom. The molecule has 0 fully saturated rings. The fraction of sp³-hybridized carbons (Fsp3) is 0.0909. The van der Waals surface area contributed by atoms with Gasteiger partial charge in [-0.05, 0) is 55.0 Å². The van der Waals surface area contributed by atoms with Gasteiger partial charge in [-0.25, -0.2) is 10.4 Å². The number of hydrogen-bond donors (Lipinski definition) is 1. The molecule has 0 aliphatic carbocycles. The zero-order valence-electron chi connectivity index (χ0n) is 17.4. The molecule has 4 aromatic rings. The second kappa shape index (κ2) is 9.14. The summed E-state index contributed by atoms with van der Waals surface area (Å²) in [6.07, 6.45) is 1.61. The highest BCUT2D eigenvalue weighted by Gasteiger charge is 2.21. The molecule has 0 bridgehead atoms. The number of nitro benzene ring substituents is 2. The molecule has 1 aromatic heterocycles. The Labute approximate surface area is 187 Å². The molecule has 0 radical (unpaired) electrons. The van der Waals surface area contributed by atoms with Crippen molar-refractivity contribution in [3.8, 4) is 11.5 Å². The van der Waals surface area contributed by atoms with E-state index in [0.717, 1.165) is 35.3 Å². The Hall–Kier alpha value is -4.80. The first-order valence-corrected chi connectivity index (χ1v) is 9.91. The van der Waals surface area contributed by atoms with Crippen molar-refractivity contribution in [2.45, 2.75) is 13.5 Å². The third-order valence-electron chi connectivity index (χ3n) is 4.81. The van der Waals surface area contributed by atoms with E-state index >= 15 is 0 Å². The van der Waals surface area contributed by atoms with Gasteiger partial charge in [0.2, 0.25) is 11.7 Å². The number of para-hydroxylation sites is 2. The lowest BCUT2D eigenvalue weighted by molar-refractivity contribution is -0.394. The van der Waals surface area contributed by atoms with Gasteiger partial charge in [-0.1, -0.05) is 12.1 Å². The van der Waals surface area contributed by atoms with Crippen LogP contribution in [-0.4, -0.2) is 25.6 Å². The molecular weight excluding hydrogens is 428 g/mol. The molecule has 1 N–H and O–H groups in total. The number of imidazole rings is 1. The Balaban J connectivity index is 1.47. The number of hydrazone groups is 1. The number of fused-ring (bicyclic) bond motifs is 1. The number of rotatable bonds is 8. The molecular formula is C22H18N6O5. The van der Waals surface area contributed by atoms with Gasteiger partial charge in [-0.2, -0.15) is 5.10 Å². The average molecular weight is 446 g/mol. The third kappa shape index (κ3) is 4.61. The average Bonchev–Trinajstić information content (AvgIpc) is 3.17. The van der Waals surface area contributed by atoms with Crippen molar-refractivity contribution in [2.75, 3.05) is 5.43 Å². The second-order valence-corrected chi connectivity index (χ2v) is 6.88. The van der Waals surface area contributed by atoms with E-state index in [2.05, 4.69) is 15.5 Å². The standard InChI is InChI=1S/C22H18N6O5/c1-2-26-19-6-4-3-5-18(19)24-22(26)25-23-14-15-7-10-17(11-8-15)33-21-12-9-16(27(29)30)13-20(21)28(31)32/h3-14H,2H2,1H3,(H,24,25)/b23-14-. The van der Waals surface area contributed by atoms with Crippen LogP contribution in [0.4, 0.5) is 17.3 Å². The van der Waals surface area contributed by atoms with Crippen LogP contribution in [0.3, 0.4) is 0 Å². The monoisotopic (exact) mass is 446 g/mol. The summed E-state index contributed by atoms with van der Waals surface area (Å²) >= 11 is 0. The summed E-state index contributed by atoms with van der Waals surface area (Å²) < 4.78 is 7.58.